The molecular weight excluding hydrogens is 316 g/mol. The largest absolute Gasteiger partial charge is 0.324 e. The Morgan fingerprint density at radius 3 is 2.22 bits per heavy atom. The fourth-order valence-corrected chi connectivity index (χ4v) is 1.80. The number of nitrogens with one attached hydrogen (secondary N) is 2. The lowest BCUT2D eigenvalue weighted by molar-refractivity contribution is -0.152. The molecule has 0 spiro atoms. The van der Waals surface area contributed by atoms with Crippen LogP contribution in [0.2, 0.25) is 5.02 Å². The van der Waals surface area contributed by atoms with E-state index in [0.29, 0.717) is 17.1 Å². The molecule has 0 saturated heterocycles. The van der Waals surface area contributed by atoms with E-state index in [-0.39, 0.29) is 17.7 Å². The van der Waals surface area contributed by atoms with Crippen molar-refractivity contribution < 1.29 is 14.4 Å². The first-order valence-corrected chi connectivity index (χ1v) is 8.00. The van der Waals surface area contributed by atoms with Crippen molar-refractivity contribution in [2.45, 2.75) is 47.1 Å². The lowest BCUT2D eigenvalue weighted by atomic mass is 9.96. The minimum atomic E-state index is -0.767. The van der Waals surface area contributed by atoms with Gasteiger partial charge in [-0.2, -0.15) is 0 Å². The van der Waals surface area contributed by atoms with E-state index in [9.17, 15) is 9.59 Å². The second kappa shape index (κ2) is 8.31. The van der Waals surface area contributed by atoms with Gasteiger partial charge in [0.25, 0.3) is 5.91 Å². The van der Waals surface area contributed by atoms with Crippen molar-refractivity contribution in [2.24, 2.45) is 11.3 Å². The third kappa shape index (κ3) is 7.01. The fraction of sp³-hybridized carbons (Fsp3) is 0.529. The van der Waals surface area contributed by atoms with Crippen LogP contribution in [0.3, 0.4) is 0 Å². The van der Waals surface area contributed by atoms with Gasteiger partial charge in [0, 0.05) is 16.1 Å². The second-order valence-electron chi connectivity index (χ2n) is 6.91. The van der Waals surface area contributed by atoms with Gasteiger partial charge in [-0.15, -0.1) is 0 Å². The van der Waals surface area contributed by atoms with Crippen molar-refractivity contribution >= 4 is 29.1 Å². The quantitative estimate of drug-likeness (QED) is 0.774. The van der Waals surface area contributed by atoms with E-state index in [1.165, 1.54) is 0 Å². The maximum absolute atomic E-state index is 12.4. The number of anilines is 1. The zero-order chi connectivity index (χ0) is 17.6. The van der Waals surface area contributed by atoms with E-state index in [0.717, 1.165) is 0 Å². The van der Waals surface area contributed by atoms with Crippen molar-refractivity contribution in [1.82, 2.24) is 5.48 Å². The normalized spacial score (nSPS) is 12.8. The Balaban J connectivity index is 2.70. The predicted molar refractivity (Wildman–Crippen MR) is 92.0 cm³/mol. The molecule has 0 heterocycles. The lowest BCUT2D eigenvalue weighted by Gasteiger charge is -2.22. The maximum Gasteiger partial charge on any atom is 0.256 e. The van der Waals surface area contributed by atoms with E-state index in [2.05, 4.69) is 10.8 Å². The number of benzene rings is 1. The van der Waals surface area contributed by atoms with Crippen molar-refractivity contribution in [3.05, 3.63) is 29.3 Å². The van der Waals surface area contributed by atoms with Crippen LogP contribution < -0.4 is 10.8 Å². The molecule has 23 heavy (non-hydrogen) atoms. The Kier molecular flexibility index (Phi) is 7.03. The standard InChI is InChI=1S/C17H25ClN2O3/c1-11(2)10-14(23-20-16(22)17(3,4)5)15(21)19-13-8-6-12(18)7-9-13/h6-9,11,14H,10H2,1-5H3,(H,19,21)(H,20,22)/t14-/m1/s1. The van der Waals surface area contributed by atoms with E-state index in [1.807, 2.05) is 13.8 Å². The van der Waals surface area contributed by atoms with Gasteiger partial charge < -0.3 is 5.32 Å². The molecule has 0 fully saturated rings. The van der Waals surface area contributed by atoms with Crippen LogP contribution in [0.4, 0.5) is 5.69 Å². The Labute approximate surface area is 142 Å². The second-order valence-corrected chi connectivity index (χ2v) is 7.35. The topological polar surface area (TPSA) is 67.4 Å². The zero-order valence-corrected chi connectivity index (χ0v) is 15.0. The van der Waals surface area contributed by atoms with Crippen LogP contribution in [0.1, 0.15) is 41.0 Å². The van der Waals surface area contributed by atoms with Gasteiger partial charge in [-0.1, -0.05) is 46.2 Å². The molecule has 0 aromatic heterocycles. The first-order chi connectivity index (χ1) is 10.6. The monoisotopic (exact) mass is 340 g/mol. The number of carbonyl (C=O) groups excluding carboxylic acids is 2. The van der Waals surface area contributed by atoms with Gasteiger partial charge in [-0.25, -0.2) is 5.48 Å². The highest BCUT2D eigenvalue weighted by Crippen LogP contribution is 2.17. The third-order valence-corrected chi connectivity index (χ3v) is 3.32. The highest BCUT2D eigenvalue weighted by atomic mass is 35.5. The van der Waals surface area contributed by atoms with Crippen LogP contribution in [-0.2, 0) is 14.4 Å². The third-order valence-electron chi connectivity index (χ3n) is 3.06. The van der Waals surface area contributed by atoms with Crippen LogP contribution in [0.25, 0.3) is 0 Å². The van der Waals surface area contributed by atoms with Gasteiger partial charge in [0.2, 0.25) is 5.91 Å². The average Bonchev–Trinajstić information content (AvgIpc) is 2.44. The number of amides is 2. The summed E-state index contributed by atoms with van der Waals surface area (Å²) >= 11 is 5.82. The molecule has 1 rings (SSSR count). The number of halogens is 1. The Morgan fingerprint density at radius 2 is 1.74 bits per heavy atom. The molecular formula is C17H25ClN2O3. The van der Waals surface area contributed by atoms with Gasteiger partial charge in [0.1, 0.15) is 0 Å². The van der Waals surface area contributed by atoms with Crippen LogP contribution in [0.15, 0.2) is 24.3 Å². The van der Waals surface area contributed by atoms with Crippen molar-refractivity contribution in [1.29, 1.82) is 0 Å². The molecule has 0 radical (unpaired) electrons. The molecule has 1 aromatic carbocycles. The highest BCUT2D eigenvalue weighted by Gasteiger charge is 2.26. The minimum Gasteiger partial charge on any atom is -0.324 e. The Hall–Kier alpha value is -1.59. The molecule has 2 N–H and O–H groups in total. The molecule has 5 nitrogen and oxygen atoms in total. The summed E-state index contributed by atoms with van der Waals surface area (Å²) in [6.07, 6.45) is -0.277. The molecule has 0 aliphatic carbocycles. The summed E-state index contributed by atoms with van der Waals surface area (Å²) in [5.74, 6) is -0.344. The van der Waals surface area contributed by atoms with Gasteiger partial charge in [0.05, 0.1) is 0 Å². The van der Waals surface area contributed by atoms with E-state index in [4.69, 9.17) is 16.4 Å². The van der Waals surface area contributed by atoms with Crippen molar-refractivity contribution in [2.75, 3.05) is 5.32 Å². The Morgan fingerprint density at radius 1 is 1.17 bits per heavy atom. The molecule has 6 heteroatoms. The van der Waals surface area contributed by atoms with Crippen LogP contribution in [-0.4, -0.2) is 17.9 Å². The minimum absolute atomic E-state index is 0.238. The number of hydrogen-bond acceptors (Lipinski definition) is 3. The molecule has 2 amide bonds. The van der Waals surface area contributed by atoms with Gasteiger partial charge in [-0.3, -0.25) is 14.4 Å². The van der Waals surface area contributed by atoms with Gasteiger partial charge >= 0.3 is 0 Å². The summed E-state index contributed by atoms with van der Waals surface area (Å²) < 4.78 is 0. The molecule has 0 unspecified atom stereocenters. The SMILES string of the molecule is CC(C)C[C@@H](ONC(=O)C(C)(C)C)C(=O)Nc1ccc(Cl)cc1. The molecule has 0 aliphatic heterocycles. The summed E-state index contributed by atoms with van der Waals surface area (Å²) in [5.41, 5.74) is 2.42. The van der Waals surface area contributed by atoms with Crippen LogP contribution >= 0.6 is 11.6 Å². The zero-order valence-electron chi connectivity index (χ0n) is 14.3. The summed E-state index contributed by atoms with van der Waals surface area (Å²) in [7, 11) is 0. The van der Waals surface area contributed by atoms with E-state index >= 15 is 0 Å². The summed E-state index contributed by atoms with van der Waals surface area (Å²) in [5, 5.41) is 3.36. The molecule has 0 aliphatic rings. The summed E-state index contributed by atoms with van der Waals surface area (Å²) in [4.78, 5) is 29.6. The number of hydroxylamine groups is 1. The number of hydrogen-bond donors (Lipinski definition) is 2. The predicted octanol–water partition coefficient (Wildman–Crippen LogP) is 3.79. The molecule has 1 atom stereocenters. The smallest absolute Gasteiger partial charge is 0.256 e. The van der Waals surface area contributed by atoms with Gasteiger partial charge in [-0.05, 0) is 36.6 Å². The fourth-order valence-electron chi connectivity index (χ4n) is 1.67. The molecule has 0 saturated carbocycles. The van der Waals surface area contributed by atoms with E-state index < -0.39 is 11.5 Å². The van der Waals surface area contributed by atoms with Crippen LogP contribution in [0, 0.1) is 11.3 Å². The number of rotatable bonds is 6. The maximum atomic E-state index is 12.4. The molecule has 128 valence electrons. The summed E-state index contributed by atoms with van der Waals surface area (Å²) in [6, 6.07) is 6.80. The highest BCUT2D eigenvalue weighted by molar-refractivity contribution is 6.30. The molecule has 1 aromatic rings. The van der Waals surface area contributed by atoms with Crippen molar-refractivity contribution in [3.63, 3.8) is 0 Å². The van der Waals surface area contributed by atoms with Crippen molar-refractivity contribution in [3.8, 4) is 0 Å². The summed E-state index contributed by atoms with van der Waals surface area (Å²) in [6.45, 7) is 9.29. The first kappa shape index (κ1) is 19.5. The lowest BCUT2D eigenvalue weighted by Crippen LogP contribution is -2.42. The van der Waals surface area contributed by atoms with Gasteiger partial charge in [0.15, 0.2) is 6.10 Å². The first-order valence-electron chi connectivity index (χ1n) is 7.62. The van der Waals surface area contributed by atoms with Crippen LogP contribution in [0.5, 0.6) is 0 Å². The van der Waals surface area contributed by atoms with E-state index in [1.54, 1.807) is 45.0 Å². The Bertz CT molecular complexity index is 536. The average molecular weight is 341 g/mol. The number of carbonyl (C=O) groups is 2. The molecule has 0 bridgehead atoms.